The van der Waals surface area contributed by atoms with Crippen LogP contribution < -0.4 is 20.1 Å². The minimum Gasteiger partial charge on any atom is -0.445 e. The summed E-state index contributed by atoms with van der Waals surface area (Å²) in [7, 11) is 0. The van der Waals surface area contributed by atoms with Gasteiger partial charge in [0.15, 0.2) is 0 Å². The van der Waals surface area contributed by atoms with Crippen LogP contribution >= 0.6 is 15.9 Å². The molecule has 0 aliphatic carbocycles. The zero-order valence-corrected chi connectivity index (χ0v) is 35.8. The van der Waals surface area contributed by atoms with Crippen LogP contribution in [0.15, 0.2) is 40.9 Å². The van der Waals surface area contributed by atoms with Crippen molar-refractivity contribution in [3.63, 3.8) is 0 Å². The summed E-state index contributed by atoms with van der Waals surface area (Å²) in [6, 6.07) is 8.65. The molecule has 0 atom stereocenters. The Morgan fingerprint density at radius 1 is 0.656 bits per heavy atom. The Balaban J connectivity index is 0.000000325. The molecule has 4 rings (SSSR count). The van der Waals surface area contributed by atoms with Crippen molar-refractivity contribution in [2.75, 3.05) is 26.2 Å². The number of amides is 4. The minimum absolute atomic E-state index is 0.0539. The van der Waals surface area contributed by atoms with Crippen LogP contribution in [-0.2, 0) is 32.2 Å². The normalized spacial score (nSPS) is 15.3. The summed E-state index contributed by atoms with van der Waals surface area (Å²) in [5, 5.41) is 14.5. The predicted octanol–water partition coefficient (Wildman–Crippen LogP) is 9.06. The third-order valence-electron chi connectivity index (χ3n) is 8.17. The van der Waals surface area contributed by atoms with Gasteiger partial charge in [-0.2, -0.15) is 5.26 Å². The highest BCUT2D eigenvalue weighted by Crippen LogP contribution is 2.28. The monoisotopic (exact) mass is 939 g/mol. The number of ether oxygens (including phenoxy) is 6. The van der Waals surface area contributed by atoms with Gasteiger partial charge in [0, 0.05) is 42.7 Å². The van der Waals surface area contributed by atoms with Gasteiger partial charge < -0.3 is 48.9 Å². The molecule has 0 unspecified atom stereocenters. The average molecular weight is 941 g/mol. The van der Waals surface area contributed by atoms with Crippen LogP contribution in [-0.4, -0.2) is 96.4 Å². The van der Waals surface area contributed by atoms with Gasteiger partial charge in [-0.1, -0.05) is 15.9 Å². The first-order chi connectivity index (χ1) is 28.1. The molecule has 2 heterocycles. The van der Waals surface area contributed by atoms with E-state index in [0.717, 1.165) is 18.2 Å². The molecule has 2 fully saturated rings. The van der Waals surface area contributed by atoms with Crippen LogP contribution in [0, 0.1) is 11.3 Å². The lowest BCUT2D eigenvalue weighted by atomic mass is 10.1. The zero-order valence-electron chi connectivity index (χ0n) is 34.3. The standard InChI is InChI=1S/C20H24F3N3O5.C19H24BrF3N2O5/c1-19(2,3)31-17(27)25-15-4-6-26(7-5-15)18(28)29-12-14-8-13(11-24)9-16(10-14)30-20(21,22)23;1-18(2,3)30-16(26)24-14-4-6-25(7-5-14)17(27)28-11-12-8-13(20)10-15(9-12)29-19(21,22)23/h8-10,15H,4-7,12H2,1-3H3,(H,25,27);8-10,14H,4-7,11H2,1-3H3,(H,24,26). The van der Waals surface area contributed by atoms with Gasteiger partial charge in [0.05, 0.1) is 11.6 Å². The summed E-state index contributed by atoms with van der Waals surface area (Å²) < 4.78 is 103. The van der Waals surface area contributed by atoms with Crippen molar-refractivity contribution in [2.45, 2.75) is 116 Å². The molecule has 61 heavy (non-hydrogen) atoms. The van der Waals surface area contributed by atoms with E-state index >= 15 is 0 Å². The van der Waals surface area contributed by atoms with Crippen LogP contribution in [0.4, 0.5) is 45.5 Å². The molecule has 0 spiro atoms. The Kier molecular flexibility index (Phi) is 17.6. The topological polar surface area (TPSA) is 178 Å². The quantitative estimate of drug-likeness (QED) is 0.191. The number of carbonyl (C=O) groups is 4. The number of hydrogen-bond acceptors (Lipinski definition) is 11. The molecule has 0 radical (unpaired) electrons. The van der Waals surface area contributed by atoms with Crippen molar-refractivity contribution < 1.29 is 73.9 Å². The van der Waals surface area contributed by atoms with Gasteiger partial charge in [-0.05, 0) is 115 Å². The van der Waals surface area contributed by atoms with Crippen molar-refractivity contribution in [1.82, 2.24) is 20.4 Å². The number of alkyl carbamates (subject to hydrolysis) is 2. The highest BCUT2D eigenvalue weighted by Gasteiger charge is 2.33. The van der Waals surface area contributed by atoms with Gasteiger partial charge in [-0.3, -0.25) is 0 Å². The fourth-order valence-corrected chi connectivity index (χ4v) is 6.25. The van der Waals surface area contributed by atoms with E-state index in [4.69, 9.17) is 24.2 Å². The number of hydrogen-bond donors (Lipinski definition) is 2. The maximum absolute atomic E-state index is 12.4. The van der Waals surface area contributed by atoms with Crippen molar-refractivity contribution in [1.29, 1.82) is 5.26 Å². The van der Waals surface area contributed by atoms with E-state index in [2.05, 4.69) is 36.0 Å². The summed E-state index contributed by atoms with van der Waals surface area (Å²) in [6.45, 7) is 11.5. The van der Waals surface area contributed by atoms with Crippen LogP contribution in [0.1, 0.15) is 83.9 Å². The molecule has 2 aromatic carbocycles. The van der Waals surface area contributed by atoms with Crippen LogP contribution in [0.2, 0.25) is 0 Å². The lowest BCUT2D eigenvalue weighted by molar-refractivity contribution is -0.275. The lowest BCUT2D eigenvalue weighted by Crippen LogP contribution is -2.47. The summed E-state index contributed by atoms with van der Waals surface area (Å²) in [4.78, 5) is 51.1. The fraction of sp³-hybridized carbons (Fsp3) is 0.564. The molecule has 2 saturated heterocycles. The minimum atomic E-state index is -4.90. The molecule has 2 aliphatic rings. The van der Waals surface area contributed by atoms with Crippen molar-refractivity contribution in [2.24, 2.45) is 0 Å². The summed E-state index contributed by atoms with van der Waals surface area (Å²) in [6.07, 6.45) is -9.89. The number of halogens is 7. The number of rotatable bonds is 8. The molecule has 15 nitrogen and oxygen atoms in total. The van der Waals surface area contributed by atoms with E-state index in [-0.39, 0.29) is 36.4 Å². The van der Waals surface area contributed by atoms with Gasteiger partial charge in [0.2, 0.25) is 0 Å². The molecular formula is C39H48BrF6N5O10. The molecular weight excluding hydrogens is 892 g/mol. The second kappa shape index (κ2) is 21.5. The van der Waals surface area contributed by atoms with Gasteiger partial charge >= 0.3 is 37.1 Å². The number of carbonyl (C=O) groups excluding carboxylic acids is 4. The second-order valence-electron chi connectivity index (χ2n) is 15.8. The highest BCUT2D eigenvalue weighted by atomic mass is 79.9. The smallest absolute Gasteiger partial charge is 0.445 e. The van der Waals surface area contributed by atoms with Gasteiger partial charge in [0.25, 0.3) is 0 Å². The summed E-state index contributed by atoms with van der Waals surface area (Å²) in [5.74, 6) is -0.969. The molecule has 2 aliphatic heterocycles. The molecule has 22 heteroatoms. The highest BCUT2D eigenvalue weighted by molar-refractivity contribution is 9.10. The van der Waals surface area contributed by atoms with Crippen LogP contribution in [0.5, 0.6) is 11.5 Å². The molecule has 0 aromatic heterocycles. The first kappa shape index (κ1) is 50.0. The Morgan fingerprint density at radius 3 is 1.39 bits per heavy atom. The predicted molar refractivity (Wildman–Crippen MR) is 207 cm³/mol. The maximum atomic E-state index is 12.4. The summed E-state index contributed by atoms with van der Waals surface area (Å²) in [5.41, 5.74) is -0.720. The maximum Gasteiger partial charge on any atom is 0.573 e. The SMILES string of the molecule is CC(C)(C)OC(=O)NC1CCN(C(=O)OCc2cc(Br)cc(OC(F)(F)F)c2)CC1.CC(C)(C)OC(=O)NC1CCN(C(=O)OCc2cc(C#N)cc(OC(F)(F)F)c2)CC1. The summed E-state index contributed by atoms with van der Waals surface area (Å²) >= 11 is 3.11. The molecule has 0 saturated carbocycles. The molecule has 338 valence electrons. The Bertz CT molecular complexity index is 1870. The molecule has 2 N–H and O–H groups in total. The third-order valence-corrected chi connectivity index (χ3v) is 8.62. The number of piperidine rings is 2. The fourth-order valence-electron chi connectivity index (χ4n) is 5.73. The van der Waals surface area contributed by atoms with E-state index in [1.54, 1.807) is 47.6 Å². The first-order valence-electron chi connectivity index (χ1n) is 18.8. The number of likely N-dealkylation sites (tertiary alicyclic amines) is 2. The van der Waals surface area contributed by atoms with Crippen LogP contribution in [0.25, 0.3) is 0 Å². The van der Waals surface area contributed by atoms with Gasteiger partial charge in [-0.25, -0.2) is 19.2 Å². The Morgan fingerprint density at radius 2 is 1.03 bits per heavy atom. The van der Waals surface area contributed by atoms with Crippen LogP contribution in [0.3, 0.4) is 0 Å². The van der Waals surface area contributed by atoms with Gasteiger partial charge in [-0.15, -0.1) is 26.3 Å². The molecule has 4 amide bonds. The van der Waals surface area contributed by atoms with E-state index in [9.17, 15) is 45.5 Å². The number of nitriles is 1. The first-order valence-corrected chi connectivity index (χ1v) is 19.6. The Hall–Kier alpha value is -5.33. The molecule has 2 aromatic rings. The van der Waals surface area contributed by atoms with E-state index in [1.807, 2.05) is 0 Å². The number of nitrogens with one attached hydrogen (secondary N) is 2. The van der Waals surface area contributed by atoms with E-state index in [0.29, 0.717) is 61.9 Å². The number of alkyl halides is 6. The lowest BCUT2D eigenvalue weighted by Gasteiger charge is -2.32. The van der Waals surface area contributed by atoms with Crippen molar-refractivity contribution >= 4 is 40.3 Å². The average Bonchev–Trinajstić information content (AvgIpc) is 3.10. The van der Waals surface area contributed by atoms with E-state index in [1.165, 1.54) is 28.0 Å². The number of nitrogens with zero attached hydrogens (tertiary/aromatic N) is 3. The van der Waals surface area contributed by atoms with E-state index < -0.39 is 59.8 Å². The largest absolute Gasteiger partial charge is 0.573 e. The Labute approximate surface area is 357 Å². The molecule has 0 bridgehead atoms. The third kappa shape index (κ3) is 20.2. The zero-order chi connectivity index (χ0) is 45.8. The number of benzene rings is 2. The van der Waals surface area contributed by atoms with Gasteiger partial charge in [0.1, 0.15) is 35.9 Å². The second-order valence-corrected chi connectivity index (χ2v) is 16.7. The van der Waals surface area contributed by atoms with Crippen molar-refractivity contribution in [3.05, 3.63) is 57.6 Å². The van der Waals surface area contributed by atoms with Crippen molar-refractivity contribution in [3.8, 4) is 17.6 Å².